The van der Waals surface area contributed by atoms with Crippen molar-refractivity contribution in [3.8, 4) is 0 Å². The Morgan fingerprint density at radius 1 is 1.22 bits per heavy atom. The molecule has 23 heavy (non-hydrogen) atoms. The third-order valence-corrected chi connectivity index (χ3v) is 5.88. The molecular weight excluding hydrogens is 288 g/mol. The Balaban J connectivity index is 1.78. The Morgan fingerprint density at radius 3 is 2.52 bits per heavy atom. The van der Waals surface area contributed by atoms with Crippen LogP contribution in [0.15, 0.2) is 18.2 Å². The van der Waals surface area contributed by atoms with E-state index >= 15 is 0 Å². The minimum absolute atomic E-state index is 0.0369. The van der Waals surface area contributed by atoms with Gasteiger partial charge in [-0.25, -0.2) is 0 Å². The Hall–Kier alpha value is -1.64. The normalized spacial score (nSPS) is 26.5. The Bertz CT molecular complexity index is 622. The molecule has 0 aliphatic heterocycles. The lowest BCUT2D eigenvalue weighted by molar-refractivity contribution is -0.138. The van der Waals surface area contributed by atoms with Crippen LogP contribution >= 0.6 is 0 Å². The molecule has 124 valence electrons. The summed E-state index contributed by atoms with van der Waals surface area (Å²) in [4.78, 5) is 23.1. The number of Topliss-reactive ketones (excluding diaryl/α,β-unsaturated/α-hetero) is 1. The van der Waals surface area contributed by atoms with Crippen LogP contribution in [0.5, 0.6) is 0 Å². The number of carbonyl (C=O) groups is 2. The fourth-order valence-electron chi connectivity index (χ4n) is 4.51. The molecule has 2 aliphatic rings. The van der Waals surface area contributed by atoms with Gasteiger partial charge < -0.3 is 5.11 Å². The van der Waals surface area contributed by atoms with Crippen molar-refractivity contribution >= 4 is 11.8 Å². The third kappa shape index (κ3) is 3.06. The van der Waals surface area contributed by atoms with Crippen molar-refractivity contribution in [2.45, 2.75) is 64.2 Å². The zero-order valence-electron chi connectivity index (χ0n) is 14.1. The molecule has 0 radical (unpaired) electrons. The minimum atomic E-state index is -0.672. The van der Waals surface area contributed by atoms with E-state index in [1.54, 1.807) is 0 Å². The molecule has 2 aliphatic carbocycles. The summed E-state index contributed by atoms with van der Waals surface area (Å²) in [5.74, 6) is -0.0765. The molecule has 0 amide bonds. The lowest BCUT2D eigenvalue weighted by atomic mass is 9.66. The van der Waals surface area contributed by atoms with Crippen LogP contribution in [0, 0.1) is 11.8 Å². The number of ketones is 1. The van der Waals surface area contributed by atoms with Gasteiger partial charge in [0.05, 0.1) is 0 Å². The van der Waals surface area contributed by atoms with Gasteiger partial charge in [0.1, 0.15) is 0 Å². The average Bonchev–Trinajstić information content (AvgIpc) is 2.86. The van der Waals surface area contributed by atoms with Gasteiger partial charge in [0.15, 0.2) is 5.78 Å². The number of rotatable bonds is 4. The molecule has 1 saturated carbocycles. The maximum atomic E-state index is 12.2. The number of aryl methyl sites for hydroxylation is 1. The van der Waals surface area contributed by atoms with Crippen LogP contribution < -0.4 is 0 Å². The zero-order chi connectivity index (χ0) is 16.6. The summed E-state index contributed by atoms with van der Waals surface area (Å²) >= 11 is 0. The highest BCUT2D eigenvalue weighted by Gasteiger charge is 2.41. The lowest BCUT2D eigenvalue weighted by Crippen LogP contribution is -2.30. The third-order valence-electron chi connectivity index (χ3n) is 5.88. The van der Waals surface area contributed by atoms with E-state index in [0.717, 1.165) is 44.1 Å². The number of hydrogen-bond acceptors (Lipinski definition) is 2. The summed E-state index contributed by atoms with van der Waals surface area (Å²) < 4.78 is 0. The monoisotopic (exact) mass is 314 g/mol. The quantitative estimate of drug-likeness (QED) is 0.839. The topological polar surface area (TPSA) is 54.4 Å². The second kappa shape index (κ2) is 6.10. The summed E-state index contributed by atoms with van der Waals surface area (Å²) in [6, 6.07) is 6.28. The first-order valence-corrected chi connectivity index (χ1v) is 8.81. The van der Waals surface area contributed by atoms with E-state index in [1.165, 1.54) is 11.1 Å². The average molecular weight is 314 g/mol. The number of carbonyl (C=O) groups excluding carboxylic acids is 1. The van der Waals surface area contributed by atoms with Crippen LogP contribution in [0.3, 0.4) is 0 Å². The first-order chi connectivity index (χ1) is 10.9. The summed E-state index contributed by atoms with van der Waals surface area (Å²) in [7, 11) is 0. The van der Waals surface area contributed by atoms with E-state index in [-0.39, 0.29) is 17.1 Å². The number of aliphatic carboxylic acids is 1. The van der Waals surface area contributed by atoms with Crippen LogP contribution in [0.25, 0.3) is 0 Å². The van der Waals surface area contributed by atoms with Gasteiger partial charge in [-0.3, -0.25) is 9.59 Å². The predicted molar refractivity (Wildman–Crippen MR) is 89.8 cm³/mol. The smallest absolute Gasteiger partial charge is 0.303 e. The highest BCUT2D eigenvalue weighted by Crippen LogP contribution is 2.50. The van der Waals surface area contributed by atoms with Crippen molar-refractivity contribution in [3.63, 3.8) is 0 Å². The summed E-state index contributed by atoms with van der Waals surface area (Å²) in [5, 5.41) is 8.98. The molecule has 1 fully saturated rings. The first kappa shape index (κ1) is 16.2. The molecule has 0 bridgehead atoms. The van der Waals surface area contributed by atoms with Crippen molar-refractivity contribution in [1.29, 1.82) is 0 Å². The molecule has 0 aromatic heterocycles. The van der Waals surface area contributed by atoms with Gasteiger partial charge >= 0.3 is 5.97 Å². The molecule has 3 nitrogen and oxygen atoms in total. The van der Waals surface area contributed by atoms with Crippen molar-refractivity contribution in [2.75, 3.05) is 0 Å². The number of carboxylic acids is 1. The van der Waals surface area contributed by atoms with Crippen LogP contribution in [0.4, 0.5) is 0 Å². The standard InChI is InChI=1S/C20H26O3/c1-13(2)19(23)16-3-4-17-15(12-16)7-10-20(17)8-5-14(6-9-20)11-18(21)22/h3-4,12-14H,5-11H2,1-2H3,(H,21,22). The largest absolute Gasteiger partial charge is 0.481 e. The van der Waals surface area contributed by atoms with E-state index in [2.05, 4.69) is 12.1 Å². The predicted octanol–water partition coefficient (Wildman–Crippen LogP) is 4.37. The highest BCUT2D eigenvalue weighted by molar-refractivity contribution is 5.97. The van der Waals surface area contributed by atoms with Gasteiger partial charge in [0, 0.05) is 17.9 Å². The minimum Gasteiger partial charge on any atom is -0.481 e. The molecule has 1 aromatic carbocycles. The number of hydrogen-bond donors (Lipinski definition) is 1. The van der Waals surface area contributed by atoms with E-state index in [1.807, 2.05) is 19.9 Å². The van der Waals surface area contributed by atoms with Gasteiger partial charge in [0.25, 0.3) is 0 Å². The number of benzene rings is 1. The van der Waals surface area contributed by atoms with Crippen molar-refractivity contribution < 1.29 is 14.7 Å². The molecule has 1 spiro atoms. The van der Waals surface area contributed by atoms with Crippen molar-refractivity contribution in [3.05, 3.63) is 34.9 Å². The molecule has 3 rings (SSSR count). The maximum absolute atomic E-state index is 12.2. The van der Waals surface area contributed by atoms with E-state index < -0.39 is 5.97 Å². The first-order valence-electron chi connectivity index (χ1n) is 8.81. The van der Waals surface area contributed by atoms with Crippen LogP contribution in [0.1, 0.15) is 73.9 Å². The highest BCUT2D eigenvalue weighted by atomic mass is 16.4. The Labute approximate surface area is 138 Å². The maximum Gasteiger partial charge on any atom is 0.303 e. The lowest BCUT2D eigenvalue weighted by Gasteiger charge is -2.38. The second-order valence-electron chi connectivity index (χ2n) is 7.71. The van der Waals surface area contributed by atoms with E-state index in [0.29, 0.717) is 12.3 Å². The molecule has 0 saturated heterocycles. The molecular formula is C20H26O3. The summed E-state index contributed by atoms with van der Waals surface area (Å²) in [6.45, 7) is 3.89. The molecule has 0 atom stereocenters. The zero-order valence-corrected chi connectivity index (χ0v) is 14.1. The molecule has 1 aromatic rings. The van der Waals surface area contributed by atoms with Gasteiger partial charge in [-0.1, -0.05) is 26.0 Å². The SMILES string of the molecule is CC(C)C(=O)c1ccc2c(c1)CCC21CCC(CC(=O)O)CC1. The van der Waals surface area contributed by atoms with E-state index in [9.17, 15) is 9.59 Å². The van der Waals surface area contributed by atoms with Gasteiger partial charge in [-0.05, 0) is 67.1 Å². The number of fused-ring (bicyclic) bond motifs is 2. The van der Waals surface area contributed by atoms with Crippen molar-refractivity contribution in [2.24, 2.45) is 11.8 Å². The Morgan fingerprint density at radius 2 is 1.91 bits per heavy atom. The van der Waals surface area contributed by atoms with E-state index in [4.69, 9.17) is 5.11 Å². The molecule has 0 unspecified atom stereocenters. The number of carboxylic acid groups (broad SMARTS) is 1. The van der Waals surface area contributed by atoms with Crippen LogP contribution in [-0.2, 0) is 16.6 Å². The second-order valence-corrected chi connectivity index (χ2v) is 7.71. The summed E-state index contributed by atoms with van der Waals surface area (Å²) in [6.07, 6.45) is 6.73. The fraction of sp³-hybridized carbons (Fsp3) is 0.600. The molecule has 1 N–H and O–H groups in total. The van der Waals surface area contributed by atoms with Crippen molar-refractivity contribution in [1.82, 2.24) is 0 Å². The Kier molecular flexibility index (Phi) is 4.31. The molecule has 3 heteroatoms. The summed E-state index contributed by atoms with van der Waals surface area (Å²) in [5.41, 5.74) is 3.85. The van der Waals surface area contributed by atoms with Crippen LogP contribution in [-0.4, -0.2) is 16.9 Å². The van der Waals surface area contributed by atoms with Gasteiger partial charge in [-0.15, -0.1) is 0 Å². The van der Waals surface area contributed by atoms with Gasteiger partial charge in [-0.2, -0.15) is 0 Å². The van der Waals surface area contributed by atoms with Crippen LogP contribution in [0.2, 0.25) is 0 Å². The molecule has 0 heterocycles. The fourth-order valence-corrected chi connectivity index (χ4v) is 4.51. The van der Waals surface area contributed by atoms with Gasteiger partial charge in [0.2, 0.25) is 0 Å².